The van der Waals surface area contributed by atoms with Crippen molar-refractivity contribution in [2.75, 3.05) is 5.32 Å². The molecule has 0 radical (unpaired) electrons. The van der Waals surface area contributed by atoms with Crippen LogP contribution in [-0.2, 0) is 4.79 Å². The fraction of sp³-hybridized carbons (Fsp3) is 0.533. The molecule has 0 atom stereocenters. The Morgan fingerprint density at radius 1 is 1.28 bits per heavy atom. The van der Waals surface area contributed by atoms with Crippen LogP contribution in [0.4, 0.5) is 5.69 Å². The number of anilines is 1. The van der Waals surface area contributed by atoms with Crippen molar-refractivity contribution in [3.05, 3.63) is 23.8 Å². The number of hydrogen-bond acceptors (Lipinski definition) is 2. The predicted octanol–water partition coefficient (Wildman–Crippen LogP) is 3.86. The standard InChI is InChI=1S/C15H23NO2/c1-4-6-12(7-5-2)15(18)16-13-9-8-11(3)10-14(13)17/h8-10,12,17H,4-7H2,1-3H3,(H,16,18). The summed E-state index contributed by atoms with van der Waals surface area (Å²) in [7, 11) is 0. The topological polar surface area (TPSA) is 49.3 Å². The minimum atomic E-state index is 0.0119. The Labute approximate surface area is 109 Å². The van der Waals surface area contributed by atoms with E-state index < -0.39 is 0 Å². The van der Waals surface area contributed by atoms with Gasteiger partial charge in [0.15, 0.2) is 0 Å². The average Bonchev–Trinajstić information content (AvgIpc) is 2.32. The summed E-state index contributed by atoms with van der Waals surface area (Å²) in [5.41, 5.74) is 1.48. The summed E-state index contributed by atoms with van der Waals surface area (Å²) in [6, 6.07) is 5.28. The highest BCUT2D eigenvalue weighted by molar-refractivity contribution is 5.93. The number of phenols is 1. The summed E-state index contributed by atoms with van der Waals surface area (Å²) < 4.78 is 0. The summed E-state index contributed by atoms with van der Waals surface area (Å²) in [6.07, 6.45) is 3.79. The molecule has 0 heterocycles. The van der Waals surface area contributed by atoms with Crippen LogP contribution in [0.2, 0.25) is 0 Å². The molecule has 1 amide bonds. The number of rotatable bonds is 6. The van der Waals surface area contributed by atoms with Gasteiger partial charge in [0.2, 0.25) is 5.91 Å². The molecule has 0 saturated heterocycles. The summed E-state index contributed by atoms with van der Waals surface area (Å²) in [5, 5.41) is 12.6. The highest BCUT2D eigenvalue weighted by atomic mass is 16.3. The van der Waals surface area contributed by atoms with Crippen LogP contribution in [0.25, 0.3) is 0 Å². The molecule has 3 nitrogen and oxygen atoms in total. The van der Waals surface area contributed by atoms with Crippen LogP contribution in [0.15, 0.2) is 18.2 Å². The van der Waals surface area contributed by atoms with E-state index in [1.54, 1.807) is 12.1 Å². The predicted molar refractivity (Wildman–Crippen MR) is 74.8 cm³/mol. The van der Waals surface area contributed by atoms with Gasteiger partial charge in [0, 0.05) is 5.92 Å². The summed E-state index contributed by atoms with van der Waals surface area (Å²) in [5.74, 6) is 0.189. The molecule has 0 saturated carbocycles. The lowest BCUT2D eigenvalue weighted by Crippen LogP contribution is -2.22. The number of carbonyl (C=O) groups is 1. The molecule has 100 valence electrons. The molecule has 0 bridgehead atoms. The van der Waals surface area contributed by atoms with Gasteiger partial charge in [0.05, 0.1) is 5.69 Å². The van der Waals surface area contributed by atoms with Crippen molar-refractivity contribution >= 4 is 11.6 Å². The van der Waals surface area contributed by atoms with Crippen molar-refractivity contribution in [2.45, 2.75) is 46.5 Å². The number of carbonyl (C=O) groups excluding carboxylic acids is 1. The van der Waals surface area contributed by atoms with E-state index in [1.807, 2.05) is 13.0 Å². The van der Waals surface area contributed by atoms with Gasteiger partial charge in [0.1, 0.15) is 5.75 Å². The molecule has 0 spiro atoms. The maximum absolute atomic E-state index is 12.1. The van der Waals surface area contributed by atoms with Crippen molar-refractivity contribution in [2.24, 2.45) is 5.92 Å². The third kappa shape index (κ3) is 4.06. The fourth-order valence-electron chi connectivity index (χ4n) is 2.09. The summed E-state index contributed by atoms with van der Waals surface area (Å²) in [6.45, 7) is 6.07. The molecular formula is C15H23NO2. The minimum Gasteiger partial charge on any atom is -0.506 e. The Kier molecular flexibility index (Phi) is 5.69. The van der Waals surface area contributed by atoms with Crippen molar-refractivity contribution in [3.8, 4) is 5.75 Å². The van der Waals surface area contributed by atoms with Crippen LogP contribution in [-0.4, -0.2) is 11.0 Å². The van der Waals surface area contributed by atoms with E-state index in [9.17, 15) is 9.90 Å². The van der Waals surface area contributed by atoms with Gasteiger partial charge in [-0.25, -0.2) is 0 Å². The first-order chi connectivity index (χ1) is 8.58. The normalized spacial score (nSPS) is 10.7. The Hall–Kier alpha value is -1.51. The highest BCUT2D eigenvalue weighted by Gasteiger charge is 2.17. The third-order valence-corrected chi connectivity index (χ3v) is 3.06. The number of nitrogens with one attached hydrogen (secondary N) is 1. The van der Waals surface area contributed by atoms with Crippen molar-refractivity contribution in [3.63, 3.8) is 0 Å². The zero-order valence-electron chi connectivity index (χ0n) is 11.5. The first-order valence-corrected chi connectivity index (χ1v) is 6.69. The SMILES string of the molecule is CCCC(CCC)C(=O)Nc1ccc(C)cc1O. The molecule has 1 aromatic carbocycles. The van der Waals surface area contributed by atoms with Crippen LogP contribution in [0, 0.1) is 12.8 Å². The lowest BCUT2D eigenvalue weighted by atomic mass is 9.97. The molecule has 0 fully saturated rings. The molecular weight excluding hydrogens is 226 g/mol. The zero-order chi connectivity index (χ0) is 13.5. The van der Waals surface area contributed by atoms with E-state index in [2.05, 4.69) is 19.2 Å². The highest BCUT2D eigenvalue weighted by Crippen LogP contribution is 2.25. The first kappa shape index (κ1) is 14.6. The van der Waals surface area contributed by atoms with Gasteiger partial charge in [-0.1, -0.05) is 32.8 Å². The van der Waals surface area contributed by atoms with Crippen LogP contribution < -0.4 is 5.32 Å². The Morgan fingerprint density at radius 2 is 1.89 bits per heavy atom. The van der Waals surface area contributed by atoms with E-state index in [-0.39, 0.29) is 17.6 Å². The van der Waals surface area contributed by atoms with Crippen LogP contribution in [0.3, 0.4) is 0 Å². The van der Waals surface area contributed by atoms with E-state index in [1.165, 1.54) is 0 Å². The monoisotopic (exact) mass is 249 g/mol. The molecule has 0 unspecified atom stereocenters. The second-order valence-electron chi connectivity index (χ2n) is 4.78. The first-order valence-electron chi connectivity index (χ1n) is 6.69. The second kappa shape index (κ2) is 7.04. The molecule has 0 aromatic heterocycles. The van der Waals surface area contributed by atoms with Gasteiger partial charge >= 0.3 is 0 Å². The Balaban J connectivity index is 2.72. The number of aryl methyl sites for hydroxylation is 1. The molecule has 3 heteroatoms. The van der Waals surface area contributed by atoms with E-state index in [4.69, 9.17) is 0 Å². The number of hydrogen-bond donors (Lipinski definition) is 2. The molecule has 1 rings (SSSR count). The largest absolute Gasteiger partial charge is 0.506 e. The van der Waals surface area contributed by atoms with Gasteiger partial charge in [-0.05, 0) is 37.5 Å². The van der Waals surface area contributed by atoms with Crippen molar-refractivity contribution < 1.29 is 9.90 Å². The molecule has 0 aliphatic carbocycles. The van der Waals surface area contributed by atoms with Gasteiger partial charge in [0.25, 0.3) is 0 Å². The van der Waals surface area contributed by atoms with E-state index in [0.717, 1.165) is 31.2 Å². The maximum Gasteiger partial charge on any atom is 0.227 e. The maximum atomic E-state index is 12.1. The second-order valence-corrected chi connectivity index (χ2v) is 4.78. The van der Waals surface area contributed by atoms with Crippen LogP contribution in [0.5, 0.6) is 5.75 Å². The van der Waals surface area contributed by atoms with Crippen molar-refractivity contribution in [1.82, 2.24) is 0 Å². The van der Waals surface area contributed by atoms with Crippen molar-refractivity contribution in [1.29, 1.82) is 0 Å². The lowest BCUT2D eigenvalue weighted by Gasteiger charge is -2.16. The van der Waals surface area contributed by atoms with Gasteiger partial charge < -0.3 is 10.4 Å². The zero-order valence-corrected chi connectivity index (χ0v) is 11.5. The lowest BCUT2D eigenvalue weighted by molar-refractivity contribution is -0.120. The van der Waals surface area contributed by atoms with Gasteiger partial charge in [-0.15, -0.1) is 0 Å². The van der Waals surface area contributed by atoms with Gasteiger partial charge in [-0.3, -0.25) is 4.79 Å². The fourth-order valence-corrected chi connectivity index (χ4v) is 2.09. The Bertz CT molecular complexity index is 395. The quantitative estimate of drug-likeness (QED) is 0.752. The number of amides is 1. The molecule has 18 heavy (non-hydrogen) atoms. The molecule has 1 aromatic rings. The third-order valence-electron chi connectivity index (χ3n) is 3.06. The smallest absolute Gasteiger partial charge is 0.227 e. The minimum absolute atomic E-state index is 0.0119. The Morgan fingerprint density at radius 3 is 2.39 bits per heavy atom. The number of benzene rings is 1. The summed E-state index contributed by atoms with van der Waals surface area (Å²) in [4.78, 5) is 12.1. The van der Waals surface area contributed by atoms with Crippen LogP contribution >= 0.6 is 0 Å². The van der Waals surface area contributed by atoms with Gasteiger partial charge in [-0.2, -0.15) is 0 Å². The number of aromatic hydroxyl groups is 1. The molecule has 2 N–H and O–H groups in total. The van der Waals surface area contributed by atoms with Crippen LogP contribution in [0.1, 0.15) is 45.1 Å². The van der Waals surface area contributed by atoms with E-state index in [0.29, 0.717) is 5.69 Å². The molecule has 0 aliphatic heterocycles. The average molecular weight is 249 g/mol. The summed E-state index contributed by atoms with van der Waals surface area (Å²) >= 11 is 0. The van der Waals surface area contributed by atoms with E-state index >= 15 is 0 Å². The number of phenolic OH excluding ortho intramolecular Hbond substituents is 1. The molecule has 0 aliphatic rings.